The SMILES string of the molecule is O=C1CCc2ccc(CCCCN3CCCN(c4cccc5sccc45)CC3)cc2N1. The molecule has 1 fully saturated rings. The first-order valence-electron chi connectivity index (χ1n) is 11.6. The first kappa shape index (κ1) is 20.5. The third-order valence-electron chi connectivity index (χ3n) is 6.66. The monoisotopic (exact) mass is 433 g/mol. The molecule has 162 valence electrons. The van der Waals surface area contributed by atoms with Crippen LogP contribution in [0.3, 0.4) is 0 Å². The molecule has 1 aromatic heterocycles. The van der Waals surface area contributed by atoms with Gasteiger partial charge in [-0.3, -0.25) is 4.79 Å². The molecule has 3 heterocycles. The summed E-state index contributed by atoms with van der Waals surface area (Å²) in [5, 5.41) is 6.63. The summed E-state index contributed by atoms with van der Waals surface area (Å²) >= 11 is 1.83. The van der Waals surface area contributed by atoms with Gasteiger partial charge in [0.1, 0.15) is 0 Å². The Kier molecular flexibility index (Phi) is 6.23. The van der Waals surface area contributed by atoms with E-state index in [1.54, 1.807) is 0 Å². The van der Waals surface area contributed by atoms with Crippen molar-refractivity contribution in [3.63, 3.8) is 0 Å². The van der Waals surface area contributed by atoms with Crippen molar-refractivity contribution in [2.24, 2.45) is 0 Å². The van der Waals surface area contributed by atoms with E-state index in [1.165, 1.54) is 59.3 Å². The van der Waals surface area contributed by atoms with Crippen LogP contribution >= 0.6 is 11.3 Å². The largest absolute Gasteiger partial charge is 0.370 e. The second-order valence-electron chi connectivity index (χ2n) is 8.79. The lowest BCUT2D eigenvalue weighted by Crippen LogP contribution is -2.31. The molecule has 0 spiro atoms. The van der Waals surface area contributed by atoms with Gasteiger partial charge in [0.25, 0.3) is 0 Å². The first-order valence-corrected chi connectivity index (χ1v) is 12.5. The molecule has 2 aromatic carbocycles. The Hall–Kier alpha value is -2.37. The molecule has 0 aliphatic carbocycles. The number of rotatable bonds is 6. The van der Waals surface area contributed by atoms with Crippen molar-refractivity contribution in [2.75, 3.05) is 42.9 Å². The van der Waals surface area contributed by atoms with E-state index in [4.69, 9.17) is 0 Å². The highest BCUT2D eigenvalue weighted by Gasteiger charge is 2.17. The van der Waals surface area contributed by atoms with Crippen molar-refractivity contribution in [3.05, 3.63) is 59.0 Å². The van der Waals surface area contributed by atoms with Crippen LogP contribution in [0.5, 0.6) is 0 Å². The summed E-state index contributed by atoms with van der Waals surface area (Å²) in [5.41, 5.74) is 5.05. The molecule has 4 nitrogen and oxygen atoms in total. The maximum atomic E-state index is 11.6. The zero-order chi connectivity index (χ0) is 21.0. The molecule has 2 aliphatic heterocycles. The third kappa shape index (κ3) is 4.78. The van der Waals surface area contributed by atoms with Crippen molar-refractivity contribution < 1.29 is 4.79 Å². The summed E-state index contributed by atoms with van der Waals surface area (Å²) in [6.07, 6.45) is 6.22. The standard InChI is InChI=1S/C26H31N3OS/c30-26-11-10-21-9-8-20(19-23(21)27-26)5-1-2-13-28-14-4-15-29(17-16-28)24-6-3-7-25-22(24)12-18-31-25/h3,6-9,12,18-19H,1-2,4-5,10-11,13-17H2,(H,27,30). The number of aryl methyl sites for hydroxylation is 2. The summed E-state index contributed by atoms with van der Waals surface area (Å²) in [5.74, 6) is 0.148. The molecule has 5 rings (SSSR count). The van der Waals surface area contributed by atoms with Crippen LogP contribution in [0.15, 0.2) is 47.8 Å². The van der Waals surface area contributed by atoms with Crippen LogP contribution in [-0.2, 0) is 17.6 Å². The van der Waals surface area contributed by atoms with Gasteiger partial charge in [-0.1, -0.05) is 18.2 Å². The molecule has 1 N–H and O–H groups in total. The number of unbranched alkanes of at least 4 members (excludes halogenated alkanes) is 1. The second kappa shape index (κ2) is 9.41. The molecule has 5 heteroatoms. The van der Waals surface area contributed by atoms with E-state index in [9.17, 15) is 4.79 Å². The van der Waals surface area contributed by atoms with Crippen LogP contribution < -0.4 is 10.2 Å². The normalized spacial score (nSPS) is 17.4. The van der Waals surface area contributed by atoms with Gasteiger partial charge in [0.05, 0.1) is 0 Å². The summed E-state index contributed by atoms with van der Waals surface area (Å²) in [4.78, 5) is 16.9. The van der Waals surface area contributed by atoms with Crippen LogP contribution in [0, 0.1) is 0 Å². The van der Waals surface area contributed by atoms with E-state index >= 15 is 0 Å². The van der Waals surface area contributed by atoms with Gasteiger partial charge in [-0.15, -0.1) is 11.3 Å². The molecule has 0 atom stereocenters. The van der Waals surface area contributed by atoms with Crippen LogP contribution in [-0.4, -0.2) is 43.5 Å². The molecule has 1 amide bonds. The maximum absolute atomic E-state index is 11.6. The number of benzene rings is 2. The lowest BCUT2D eigenvalue weighted by molar-refractivity contribution is -0.116. The summed E-state index contributed by atoms with van der Waals surface area (Å²) < 4.78 is 1.39. The van der Waals surface area contributed by atoms with Gasteiger partial charge in [-0.25, -0.2) is 0 Å². The van der Waals surface area contributed by atoms with Crippen molar-refractivity contribution >= 4 is 38.7 Å². The van der Waals surface area contributed by atoms with E-state index in [0.29, 0.717) is 6.42 Å². The zero-order valence-electron chi connectivity index (χ0n) is 18.1. The van der Waals surface area contributed by atoms with Gasteiger partial charge in [0.15, 0.2) is 0 Å². The number of anilines is 2. The summed E-state index contributed by atoms with van der Waals surface area (Å²) in [6, 6.07) is 15.6. The Balaban J connectivity index is 1.10. The lowest BCUT2D eigenvalue weighted by Gasteiger charge is -2.24. The zero-order valence-corrected chi connectivity index (χ0v) is 18.9. The van der Waals surface area contributed by atoms with Crippen LogP contribution in [0.25, 0.3) is 10.1 Å². The highest BCUT2D eigenvalue weighted by Crippen LogP contribution is 2.31. The fourth-order valence-electron chi connectivity index (χ4n) is 4.93. The Labute approximate surface area is 188 Å². The molecule has 0 unspecified atom stereocenters. The van der Waals surface area contributed by atoms with E-state index in [1.807, 2.05) is 11.3 Å². The van der Waals surface area contributed by atoms with Crippen molar-refractivity contribution in [2.45, 2.75) is 38.5 Å². The van der Waals surface area contributed by atoms with Crippen LogP contribution in [0.2, 0.25) is 0 Å². The predicted molar refractivity (Wildman–Crippen MR) is 131 cm³/mol. The fraction of sp³-hybridized carbons (Fsp3) is 0.423. The topological polar surface area (TPSA) is 35.6 Å². The third-order valence-corrected chi connectivity index (χ3v) is 7.54. The minimum Gasteiger partial charge on any atom is -0.370 e. The molecule has 31 heavy (non-hydrogen) atoms. The van der Waals surface area contributed by atoms with Gasteiger partial charge in [0.2, 0.25) is 5.91 Å². The minimum absolute atomic E-state index is 0.148. The van der Waals surface area contributed by atoms with Crippen molar-refractivity contribution in [1.82, 2.24) is 4.90 Å². The minimum atomic E-state index is 0.148. The van der Waals surface area contributed by atoms with Crippen LogP contribution in [0.4, 0.5) is 11.4 Å². The molecule has 3 aromatic rings. The first-order chi connectivity index (χ1) is 15.3. The maximum Gasteiger partial charge on any atom is 0.224 e. The van der Waals surface area contributed by atoms with Gasteiger partial charge in [-0.05, 0) is 86.0 Å². The van der Waals surface area contributed by atoms with Gasteiger partial charge >= 0.3 is 0 Å². The molecule has 0 saturated carbocycles. The average Bonchev–Trinajstić information content (AvgIpc) is 3.15. The molecule has 0 radical (unpaired) electrons. The Morgan fingerprint density at radius 2 is 1.94 bits per heavy atom. The predicted octanol–water partition coefficient (Wildman–Crippen LogP) is 5.32. The number of amides is 1. The fourth-order valence-corrected chi connectivity index (χ4v) is 5.74. The Morgan fingerprint density at radius 1 is 0.968 bits per heavy atom. The van der Waals surface area contributed by atoms with E-state index in [-0.39, 0.29) is 5.91 Å². The number of carbonyl (C=O) groups is 1. The van der Waals surface area contributed by atoms with E-state index in [0.717, 1.165) is 38.2 Å². The highest BCUT2D eigenvalue weighted by molar-refractivity contribution is 7.17. The van der Waals surface area contributed by atoms with Crippen molar-refractivity contribution in [1.29, 1.82) is 0 Å². The summed E-state index contributed by atoms with van der Waals surface area (Å²) in [7, 11) is 0. The molecular weight excluding hydrogens is 402 g/mol. The number of fused-ring (bicyclic) bond motifs is 2. The Bertz CT molecular complexity index is 1060. The smallest absolute Gasteiger partial charge is 0.224 e. The van der Waals surface area contributed by atoms with Gasteiger partial charge in [0, 0.05) is 47.5 Å². The average molecular weight is 434 g/mol. The van der Waals surface area contributed by atoms with Gasteiger partial charge < -0.3 is 15.1 Å². The highest BCUT2D eigenvalue weighted by atomic mass is 32.1. The number of hydrogen-bond acceptors (Lipinski definition) is 4. The number of nitrogens with zero attached hydrogens (tertiary/aromatic N) is 2. The Morgan fingerprint density at radius 3 is 2.90 bits per heavy atom. The quantitative estimate of drug-likeness (QED) is 0.534. The molecular formula is C26H31N3OS. The molecule has 1 saturated heterocycles. The van der Waals surface area contributed by atoms with Crippen molar-refractivity contribution in [3.8, 4) is 0 Å². The van der Waals surface area contributed by atoms with E-state index < -0.39 is 0 Å². The number of thiophene rings is 1. The van der Waals surface area contributed by atoms with Gasteiger partial charge in [-0.2, -0.15) is 0 Å². The summed E-state index contributed by atoms with van der Waals surface area (Å²) in [6.45, 7) is 5.77. The second-order valence-corrected chi connectivity index (χ2v) is 9.74. The number of carbonyl (C=O) groups excluding carboxylic acids is 1. The van der Waals surface area contributed by atoms with Crippen LogP contribution in [0.1, 0.15) is 36.8 Å². The molecule has 0 bridgehead atoms. The number of nitrogens with one attached hydrogen (secondary N) is 1. The van der Waals surface area contributed by atoms with E-state index in [2.05, 4.69) is 63.0 Å². The number of hydrogen-bond donors (Lipinski definition) is 1. The molecule has 2 aliphatic rings. The lowest BCUT2D eigenvalue weighted by atomic mass is 9.99.